The third kappa shape index (κ3) is 3.45. The molecule has 0 unspecified atom stereocenters. The number of carbonyl (C=O) groups is 1. The van der Waals surface area contributed by atoms with Crippen LogP contribution in [0.4, 0.5) is 4.79 Å². The molecule has 0 saturated carbocycles. The van der Waals surface area contributed by atoms with Crippen LogP contribution in [0.1, 0.15) is 30.9 Å². The van der Waals surface area contributed by atoms with E-state index in [-0.39, 0.29) is 0 Å². The molecule has 0 spiro atoms. The summed E-state index contributed by atoms with van der Waals surface area (Å²) < 4.78 is 6.95. The van der Waals surface area contributed by atoms with Gasteiger partial charge < -0.3 is 14.4 Å². The molecule has 1 N–H and O–H groups in total. The molecule has 1 aromatic carbocycles. The van der Waals surface area contributed by atoms with Crippen molar-refractivity contribution in [1.29, 1.82) is 0 Å². The highest BCUT2D eigenvalue weighted by Gasteiger charge is 2.18. The van der Waals surface area contributed by atoms with Crippen LogP contribution in [0.5, 0.6) is 5.88 Å². The van der Waals surface area contributed by atoms with Crippen molar-refractivity contribution >= 4 is 6.16 Å². The third-order valence-electron chi connectivity index (χ3n) is 3.50. The Bertz CT molecular complexity index is 626. The molecule has 1 aromatic heterocycles. The van der Waals surface area contributed by atoms with Gasteiger partial charge in [0.2, 0.25) is 5.88 Å². The van der Waals surface area contributed by atoms with Crippen LogP contribution < -0.4 is 4.74 Å². The third-order valence-corrected chi connectivity index (χ3v) is 3.50. The van der Waals surface area contributed by atoms with E-state index in [1.54, 1.807) is 0 Å². The molecule has 0 aliphatic heterocycles. The second-order valence-electron chi connectivity index (χ2n) is 5.27. The summed E-state index contributed by atoms with van der Waals surface area (Å²) in [5.41, 5.74) is 4.02. The molecule has 0 aliphatic carbocycles. The molecule has 21 heavy (non-hydrogen) atoms. The maximum absolute atomic E-state index is 11.0. The molecule has 112 valence electrons. The monoisotopic (exact) mass is 287 g/mol. The maximum Gasteiger partial charge on any atom is 0.512 e. The summed E-state index contributed by atoms with van der Waals surface area (Å²) in [5, 5.41) is 9.01. The number of hydrogen-bond acceptors (Lipinski definition) is 2. The first kappa shape index (κ1) is 15.2. The van der Waals surface area contributed by atoms with Crippen molar-refractivity contribution in [3.8, 4) is 17.0 Å². The number of benzene rings is 1. The summed E-state index contributed by atoms with van der Waals surface area (Å²) in [5.74, 6) is 0.414. The van der Waals surface area contributed by atoms with Crippen molar-refractivity contribution in [2.24, 2.45) is 0 Å². The van der Waals surface area contributed by atoms with Gasteiger partial charge in [-0.1, -0.05) is 43.2 Å². The fourth-order valence-corrected chi connectivity index (χ4v) is 2.43. The first-order valence-corrected chi connectivity index (χ1v) is 7.20. The van der Waals surface area contributed by atoms with Gasteiger partial charge in [-0.3, -0.25) is 0 Å². The fraction of sp³-hybridized carbons (Fsp3) is 0.353. The number of rotatable bonds is 5. The Morgan fingerprint density at radius 2 is 1.90 bits per heavy atom. The van der Waals surface area contributed by atoms with Gasteiger partial charge in [-0.15, -0.1) is 0 Å². The Labute approximate surface area is 125 Å². The first-order valence-electron chi connectivity index (χ1n) is 7.20. The number of aromatic nitrogens is 1. The van der Waals surface area contributed by atoms with E-state index < -0.39 is 6.16 Å². The van der Waals surface area contributed by atoms with Crippen LogP contribution in [0.2, 0.25) is 0 Å². The zero-order chi connectivity index (χ0) is 15.4. The van der Waals surface area contributed by atoms with Gasteiger partial charge in [0.1, 0.15) is 0 Å². The van der Waals surface area contributed by atoms with Gasteiger partial charge in [-0.25, -0.2) is 4.79 Å². The zero-order valence-corrected chi connectivity index (χ0v) is 12.7. The van der Waals surface area contributed by atoms with Crippen molar-refractivity contribution in [2.75, 3.05) is 0 Å². The molecule has 0 aliphatic rings. The summed E-state index contributed by atoms with van der Waals surface area (Å²) in [6.45, 7) is 6.87. The van der Waals surface area contributed by atoms with Crippen LogP contribution in [-0.4, -0.2) is 15.8 Å². The maximum atomic E-state index is 11.0. The minimum atomic E-state index is -1.28. The van der Waals surface area contributed by atoms with E-state index in [2.05, 4.69) is 6.92 Å². The van der Waals surface area contributed by atoms with E-state index in [4.69, 9.17) is 9.84 Å². The fourth-order valence-electron chi connectivity index (χ4n) is 2.43. The molecule has 2 rings (SSSR count). The van der Waals surface area contributed by atoms with Gasteiger partial charge in [0.25, 0.3) is 0 Å². The minimum absolute atomic E-state index is 0.414. The average molecular weight is 287 g/mol. The number of unbranched alkanes of at least 4 members (excludes halogenated alkanes) is 1. The lowest BCUT2D eigenvalue weighted by molar-refractivity contribution is 0.140. The van der Waals surface area contributed by atoms with Crippen molar-refractivity contribution in [2.45, 2.75) is 40.2 Å². The lowest BCUT2D eigenvalue weighted by atomic mass is 10.0. The van der Waals surface area contributed by atoms with Crippen LogP contribution in [0.15, 0.2) is 30.5 Å². The molecule has 4 nitrogen and oxygen atoms in total. The number of ether oxygens (including phenoxy) is 1. The Balaban J connectivity index is 2.49. The molecule has 0 radical (unpaired) electrons. The average Bonchev–Trinajstić information content (AvgIpc) is 2.73. The van der Waals surface area contributed by atoms with Gasteiger partial charge in [-0.05, 0) is 31.4 Å². The largest absolute Gasteiger partial charge is 0.512 e. The van der Waals surface area contributed by atoms with E-state index in [1.165, 1.54) is 5.56 Å². The molecule has 0 bridgehead atoms. The number of carboxylic acid groups (broad SMARTS) is 1. The van der Waals surface area contributed by atoms with Crippen LogP contribution in [-0.2, 0) is 6.54 Å². The lowest BCUT2D eigenvalue weighted by Crippen LogP contribution is -2.09. The summed E-state index contributed by atoms with van der Waals surface area (Å²) in [6.07, 6.45) is 2.71. The molecule has 2 aromatic rings. The van der Waals surface area contributed by atoms with E-state index in [1.807, 2.05) is 48.9 Å². The SMILES string of the molecule is CCCCn1cc(C)c(-c2ccc(C)cc2)c1OC(=O)O. The highest BCUT2D eigenvalue weighted by Crippen LogP contribution is 2.35. The van der Waals surface area contributed by atoms with E-state index >= 15 is 0 Å². The second-order valence-corrected chi connectivity index (χ2v) is 5.27. The van der Waals surface area contributed by atoms with E-state index in [0.29, 0.717) is 5.88 Å². The minimum Gasteiger partial charge on any atom is -0.449 e. The predicted octanol–water partition coefficient (Wildman–Crippen LogP) is 4.63. The van der Waals surface area contributed by atoms with Gasteiger partial charge in [0.15, 0.2) is 0 Å². The topological polar surface area (TPSA) is 51.5 Å². The van der Waals surface area contributed by atoms with Gasteiger partial charge in [0.05, 0.1) is 0 Å². The summed E-state index contributed by atoms with van der Waals surface area (Å²) in [4.78, 5) is 11.0. The van der Waals surface area contributed by atoms with Crippen LogP contribution in [0, 0.1) is 13.8 Å². The predicted molar refractivity (Wildman–Crippen MR) is 82.9 cm³/mol. The number of aryl methyl sites for hydroxylation is 3. The van der Waals surface area contributed by atoms with Crippen LogP contribution in [0.25, 0.3) is 11.1 Å². The van der Waals surface area contributed by atoms with Crippen molar-refractivity contribution in [3.05, 3.63) is 41.6 Å². The summed E-state index contributed by atoms with van der Waals surface area (Å²) in [6, 6.07) is 8.03. The molecule has 1 heterocycles. The Morgan fingerprint density at radius 3 is 2.48 bits per heavy atom. The summed E-state index contributed by atoms with van der Waals surface area (Å²) in [7, 11) is 0. The van der Waals surface area contributed by atoms with E-state index in [0.717, 1.165) is 36.1 Å². The first-order chi connectivity index (χ1) is 10.0. The van der Waals surface area contributed by atoms with Crippen LogP contribution >= 0.6 is 0 Å². The van der Waals surface area contributed by atoms with Gasteiger partial charge in [0, 0.05) is 18.3 Å². The molecule has 4 heteroatoms. The molecule has 0 saturated heterocycles. The molecule has 0 atom stereocenters. The van der Waals surface area contributed by atoms with E-state index in [9.17, 15) is 4.79 Å². The van der Waals surface area contributed by atoms with Crippen molar-refractivity contribution in [1.82, 2.24) is 4.57 Å². The number of nitrogens with zero attached hydrogens (tertiary/aromatic N) is 1. The number of hydrogen-bond donors (Lipinski definition) is 1. The Morgan fingerprint density at radius 1 is 1.24 bits per heavy atom. The Hall–Kier alpha value is -2.23. The lowest BCUT2D eigenvalue weighted by Gasteiger charge is -2.10. The molecule has 0 fully saturated rings. The van der Waals surface area contributed by atoms with Crippen molar-refractivity contribution in [3.63, 3.8) is 0 Å². The van der Waals surface area contributed by atoms with Crippen molar-refractivity contribution < 1.29 is 14.6 Å². The smallest absolute Gasteiger partial charge is 0.449 e. The Kier molecular flexibility index (Phi) is 4.68. The molecular formula is C17H21NO3. The summed E-state index contributed by atoms with van der Waals surface area (Å²) >= 11 is 0. The molecule has 0 amide bonds. The normalized spacial score (nSPS) is 10.6. The highest BCUT2D eigenvalue weighted by atomic mass is 16.7. The van der Waals surface area contributed by atoms with Gasteiger partial charge in [-0.2, -0.15) is 0 Å². The standard InChI is InChI=1S/C17H21NO3/c1-4-5-10-18-11-13(3)15(16(18)21-17(19)20)14-8-6-12(2)7-9-14/h6-9,11H,4-5,10H2,1-3H3,(H,19,20). The highest BCUT2D eigenvalue weighted by molar-refractivity contribution is 5.76. The quantitative estimate of drug-likeness (QED) is 0.816. The zero-order valence-electron chi connectivity index (χ0n) is 12.7. The van der Waals surface area contributed by atoms with Gasteiger partial charge >= 0.3 is 6.16 Å². The molecular weight excluding hydrogens is 266 g/mol. The van der Waals surface area contributed by atoms with Crippen LogP contribution in [0.3, 0.4) is 0 Å². The second kappa shape index (κ2) is 6.48.